The highest BCUT2D eigenvalue weighted by Gasteiger charge is 2.48. The normalized spacial score (nSPS) is 32.0. The van der Waals surface area contributed by atoms with E-state index >= 15 is 0 Å². The number of hydrogen-bond donors (Lipinski definition) is 1. The van der Waals surface area contributed by atoms with Crippen LogP contribution in [0.25, 0.3) is 6.08 Å². The fourth-order valence-corrected chi connectivity index (χ4v) is 10.1. The standard InChI is InChI=1S/C43H41N3S/c1-29-25-35(19-22-36(29)32-13-7-4-8-14-32)42-45(27-30-11-5-3-6-12-30)44-46(42)28-31-16-21-37-34(26-31)18-17-33-20-23-39-41(40(33)37)38-15-9-10-24-43(38,2)47-39/h3-26,29,33,36,38,40,42,44H,27-28H2,1-2H3. The molecule has 1 fully saturated rings. The molecule has 3 aromatic carbocycles. The molecule has 0 saturated carbocycles. The number of thioether (sulfide) groups is 1. The van der Waals surface area contributed by atoms with Gasteiger partial charge in [-0.1, -0.05) is 153 Å². The first-order chi connectivity index (χ1) is 23.0. The van der Waals surface area contributed by atoms with Gasteiger partial charge >= 0.3 is 0 Å². The van der Waals surface area contributed by atoms with Gasteiger partial charge in [0.05, 0.1) is 0 Å². The van der Waals surface area contributed by atoms with Crippen molar-refractivity contribution in [2.75, 3.05) is 0 Å². The SMILES string of the molecule is CC1C=C(C2N(Cc3ccccc3)NN2Cc2ccc3c(c2)C=CC2C=CC4=C(C32)C2C=CC=CC2(C)S4)C=CC1c1ccccc1. The summed E-state index contributed by atoms with van der Waals surface area (Å²) in [5.41, 5.74) is 13.6. The van der Waals surface area contributed by atoms with Crippen LogP contribution >= 0.6 is 11.8 Å². The Labute approximate surface area is 283 Å². The van der Waals surface area contributed by atoms with E-state index in [0.717, 1.165) is 13.1 Å². The number of allylic oxidation sites excluding steroid dienone is 9. The first-order valence-electron chi connectivity index (χ1n) is 17.1. The molecule has 47 heavy (non-hydrogen) atoms. The second-order valence-electron chi connectivity index (χ2n) is 14.1. The summed E-state index contributed by atoms with van der Waals surface area (Å²) < 4.78 is 0.116. The molecule has 2 aliphatic heterocycles. The molecule has 9 rings (SSSR count). The van der Waals surface area contributed by atoms with E-state index in [-0.39, 0.29) is 10.9 Å². The highest BCUT2D eigenvalue weighted by Crippen LogP contribution is 2.61. The molecule has 234 valence electrons. The van der Waals surface area contributed by atoms with E-state index in [4.69, 9.17) is 0 Å². The van der Waals surface area contributed by atoms with Crippen LogP contribution < -0.4 is 5.53 Å². The zero-order valence-electron chi connectivity index (χ0n) is 27.0. The summed E-state index contributed by atoms with van der Waals surface area (Å²) in [6, 6.07) is 29.0. The molecular formula is C43H41N3S. The molecule has 4 heteroatoms. The largest absolute Gasteiger partial charge is 0.203 e. The van der Waals surface area contributed by atoms with Gasteiger partial charge in [0, 0.05) is 46.4 Å². The molecule has 0 radical (unpaired) electrons. The zero-order chi connectivity index (χ0) is 31.5. The molecule has 6 aliphatic rings. The monoisotopic (exact) mass is 631 g/mol. The molecule has 7 atom stereocenters. The Morgan fingerprint density at radius 3 is 2.36 bits per heavy atom. The lowest BCUT2D eigenvalue weighted by molar-refractivity contribution is -0.191. The highest BCUT2D eigenvalue weighted by atomic mass is 32.2. The number of benzene rings is 3. The van der Waals surface area contributed by atoms with Crippen molar-refractivity contribution < 1.29 is 0 Å². The van der Waals surface area contributed by atoms with Gasteiger partial charge < -0.3 is 0 Å². The second-order valence-corrected chi connectivity index (χ2v) is 15.6. The molecule has 7 unspecified atom stereocenters. The van der Waals surface area contributed by atoms with Gasteiger partial charge in [0.25, 0.3) is 0 Å². The van der Waals surface area contributed by atoms with Crippen molar-refractivity contribution in [1.29, 1.82) is 0 Å². The van der Waals surface area contributed by atoms with Gasteiger partial charge in [0.1, 0.15) is 6.17 Å². The lowest BCUT2D eigenvalue weighted by Crippen LogP contribution is -2.72. The third-order valence-corrected chi connectivity index (χ3v) is 12.4. The van der Waals surface area contributed by atoms with Crippen molar-refractivity contribution in [2.24, 2.45) is 17.8 Å². The third kappa shape index (κ3) is 5.10. The molecule has 0 bridgehead atoms. The van der Waals surface area contributed by atoms with E-state index in [2.05, 4.69) is 175 Å². The number of nitrogens with zero attached hydrogens (tertiary/aromatic N) is 2. The summed E-state index contributed by atoms with van der Waals surface area (Å²) >= 11 is 2.05. The Morgan fingerprint density at radius 1 is 0.787 bits per heavy atom. The second kappa shape index (κ2) is 11.6. The van der Waals surface area contributed by atoms with E-state index in [0.29, 0.717) is 29.6 Å². The fourth-order valence-electron chi connectivity index (χ4n) is 8.67. The van der Waals surface area contributed by atoms with Crippen LogP contribution in [0.1, 0.15) is 53.5 Å². The van der Waals surface area contributed by atoms with Crippen molar-refractivity contribution in [3.63, 3.8) is 0 Å². The summed E-state index contributed by atoms with van der Waals surface area (Å²) in [7, 11) is 0. The van der Waals surface area contributed by atoms with Gasteiger partial charge in [-0.2, -0.15) is 5.53 Å². The summed E-state index contributed by atoms with van der Waals surface area (Å²) in [5.74, 6) is 2.11. The molecule has 2 heterocycles. The van der Waals surface area contributed by atoms with Crippen LogP contribution in [0.4, 0.5) is 0 Å². The maximum Gasteiger partial charge on any atom is 0.117 e. The third-order valence-electron chi connectivity index (χ3n) is 11.0. The average Bonchev–Trinajstić information content (AvgIpc) is 3.40. The van der Waals surface area contributed by atoms with Crippen LogP contribution in [0.15, 0.2) is 156 Å². The number of nitrogens with one attached hydrogen (secondary N) is 1. The molecule has 1 N–H and O–H groups in total. The van der Waals surface area contributed by atoms with Crippen molar-refractivity contribution in [3.05, 3.63) is 183 Å². The lowest BCUT2D eigenvalue weighted by Gasteiger charge is -2.52. The molecule has 0 spiro atoms. The Kier molecular flexibility index (Phi) is 7.24. The van der Waals surface area contributed by atoms with Crippen molar-refractivity contribution in [1.82, 2.24) is 15.6 Å². The predicted octanol–water partition coefficient (Wildman–Crippen LogP) is 9.46. The fraction of sp³-hybridized carbons (Fsp3) is 0.256. The summed E-state index contributed by atoms with van der Waals surface area (Å²) in [5, 5.41) is 4.79. The van der Waals surface area contributed by atoms with Gasteiger partial charge in [-0.15, -0.1) is 11.8 Å². The molecule has 4 aliphatic carbocycles. The average molecular weight is 632 g/mol. The quantitative estimate of drug-likeness (QED) is 0.292. The maximum absolute atomic E-state index is 3.71. The van der Waals surface area contributed by atoms with E-state index in [1.165, 1.54) is 38.3 Å². The van der Waals surface area contributed by atoms with Crippen LogP contribution in [0.2, 0.25) is 0 Å². The highest BCUT2D eigenvalue weighted by molar-refractivity contribution is 8.05. The minimum absolute atomic E-state index is 0.116. The molecule has 1 saturated heterocycles. The van der Waals surface area contributed by atoms with Crippen molar-refractivity contribution in [2.45, 2.75) is 49.7 Å². The topological polar surface area (TPSA) is 18.5 Å². The van der Waals surface area contributed by atoms with Crippen molar-refractivity contribution >= 4 is 17.8 Å². The Hall–Kier alpha value is -3.93. The summed E-state index contributed by atoms with van der Waals surface area (Å²) in [6.07, 6.45) is 26.4. The molecular weight excluding hydrogens is 591 g/mol. The first-order valence-corrected chi connectivity index (χ1v) is 17.9. The first kappa shape index (κ1) is 29.2. The van der Waals surface area contributed by atoms with E-state index in [1.54, 1.807) is 5.57 Å². The summed E-state index contributed by atoms with van der Waals surface area (Å²) in [4.78, 5) is 1.48. The lowest BCUT2D eigenvalue weighted by atomic mass is 9.67. The number of hydrogen-bond acceptors (Lipinski definition) is 4. The summed E-state index contributed by atoms with van der Waals surface area (Å²) in [6.45, 7) is 6.45. The van der Waals surface area contributed by atoms with Gasteiger partial charge in [0.2, 0.25) is 0 Å². The van der Waals surface area contributed by atoms with E-state index in [1.807, 2.05) is 11.8 Å². The van der Waals surface area contributed by atoms with Gasteiger partial charge in [0.15, 0.2) is 0 Å². The maximum atomic E-state index is 3.71. The minimum atomic E-state index is 0.116. The van der Waals surface area contributed by atoms with Gasteiger partial charge in [-0.25, -0.2) is 10.0 Å². The van der Waals surface area contributed by atoms with Gasteiger partial charge in [-0.05, 0) is 51.8 Å². The molecule has 0 aromatic heterocycles. The van der Waals surface area contributed by atoms with E-state index < -0.39 is 0 Å². The Bertz CT molecular complexity index is 1910. The van der Waals surface area contributed by atoms with Crippen LogP contribution in [0, 0.1) is 17.8 Å². The molecule has 3 nitrogen and oxygen atoms in total. The number of fused-ring (bicyclic) bond motifs is 6. The zero-order valence-corrected chi connectivity index (χ0v) is 27.9. The van der Waals surface area contributed by atoms with E-state index in [9.17, 15) is 0 Å². The molecule has 0 amide bonds. The smallest absolute Gasteiger partial charge is 0.117 e. The minimum Gasteiger partial charge on any atom is -0.203 e. The number of rotatable bonds is 6. The predicted molar refractivity (Wildman–Crippen MR) is 196 cm³/mol. The number of hydrazine groups is 2. The molecule has 3 aromatic rings. The van der Waals surface area contributed by atoms with Crippen LogP contribution in [-0.4, -0.2) is 20.9 Å². The van der Waals surface area contributed by atoms with Crippen LogP contribution in [0.5, 0.6) is 0 Å². The Morgan fingerprint density at radius 2 is 1.55 bits per heavy atom. The Balaban J connectivity index is 0.985. The van der Waals surface area contributed by atoms with Gasteiger partial charge in [-0.3, -0.25) is 0 Å². The van der Waals surface area contributed by atoms with Crippen LogP contribution in [-0.2, 0) is 13.1 Å². The van der Waals surface area contributed by atoms with Crippen LogP contribution in [0.3, 0.4) is 0 Å². The van der Waals surface area contributed by atoms with Crippen molar-refractivity contribution in [3.8, 4) is 0 Å².